The first-order valence-corrected chi connectivity index (χ1v) is 8.36. The lowest BCUT2D eigenvalue weighted by Gasteiger charge is -2.10. The zero-order chi connectivity index (χ0) is 17.0. The normalized spacial score (nSPS) is 10.4. The molecular weight excluding hydrogens is 317 g/mol. The van der Waals surface area contributed by atoms with E-state index in [1.165, 1.54) is 23.9 Å². The maximum absolute atomic E-state index is 13.1. The molecule has 2 amide bonds. The fourth-order valence-electron chi connectivity index (χ4n) is 2.34. The number of nitrogens with one attached hydrogen (secondary N) is 2. The molecule has 122 valence electrons. The zero-order valence-corrected chi connectivity index (χ0v) is 14.0. The Morgan fingerprint density at radius 3 is 2.43 bits per heavy atom. The quantitative estimate of drug-likeness (QED) is 0.843. The minimum Gasteiger partial charge on any atom is -0.318 e. The molecule has 0 aliphatic carbocycles. The first-order chi connectivity index (χ1) is 10.9. The third-order valence-corrected chi connectivity index (χ3v) is 3.90. The van der Waals surface area contributed by atoms with Crippen LogP contribution in [0.4, 0.5) is 4.39 Å². The van der Waals surface area contributed by atoms with Crippen molar-refractivity contribution in [3.8, 4) is 5.69 Å². The lowest BCUT2D eigenvalue weighted by molar-refractivity contribution is -0.119. The van der Waals surface area contributed by atoms with Crippen LogP contribution in [0.5, 0.6) is 0 Å². The SMILES string of the molecule is CSCC(=O)NNC(=O)c1cc(C)n(-c2ccc(F)cc2)c1C. The molecule has 0 fully saturated rings. The van der Waals surface area contributed by atoms with Gasteiger partial charge in [-0.25, -0.2) is 4.39 Å². The Hall–Kier alpha value is -2.28. The van der Waals surface area contributed by atoms with Gasteiger partial charge >= 0.3 is 0 Å². The number of carbonyl (C=O) groups excluding carboxylic acids is 2. The smallest absolute Gasteiger partial charge is 0.271 e. The van der Waals surface area contributed by atoms with Crippen molar-refractivity contribution in [2.75, 3.05) is 12.0 Å². The Kier molecular flexibility index (Phi) is 5.44. The zero-order valence-electron chi connectivity index (χ0n) is 13.1. The number of aryl methyl sites for hydroxylation is 1. The summed E-state index contributed by atoms with van der Waals surface area (Å²) in [5.74, 6) is -0.695. The number of amides is 2. The molecule has 0 aliphatic rings. The van der Waals surface area contributed by atoms with Crippen LogP contribution in [0.1, 0.15) is 21.7 Å². The summed E-state index contributed by atoms with van der Waals surface area (Å²) in [5.41, 5.74) is 7.55. The molecule has 0 atom stereocenters. The average Bonchev–Trinajstić information content (AvgIpc) is 2.81. The Labute approximate surface area is 138 Å². The predicted molar refractivity (Wildman–Crippen MR) is 89.2 cm³/mol. The number of nitrogens with zero attached hydrogens (tertiary/aromatic N) is 1. The summed E-state index contributed by atoms with van der Waals surface area (Å²) in [5, 5.41) is 0. The number of hydrogen-bond donors (Lipinski definition) is 2. The highest BCUT2D eigenvalue weighted by Gasteiger charge is 2.17. The van der Waals surface area contributed by atoms with Gasteiger partial charge in [0.15, 0.2) is 0 Å². The highest BCUT2D eigenvalue weighted by molar-refractivity contribution is 7.99. The first-order valence-electron chi connectivity index (χ1n) is 6.97. The van der Waals surface area contributed by atoms with Crippen LogP contribution in [0.25, 0.3) is 5.69 Å². The predicted octanol–water partition coefficient (Wildman–Crippen LogP) is 2.36. The van der Waals surface area contributed by atoms with E-state index >= 15 is 0 Å². The summed E-state index contributed by atoms with van der Waals surface area (Å²) in [6, 6.07) is 7.77. The number of thioether (sulfide) groups is 1. The summed E-state index contributed by atoms with van der Waals surface area (Å²) in [4.78, 5) is 23.6. The second-order valence-corrected chi connectivity index (χ2v) is 5.90. The molecule has 23 heavy (non-hydrogen) atoms. The van der Waals surface area contributed by atoms with Crippen LogP contribution in [-0.2, 0) is 4.79 Å². The van der Waals surface area contributed by atoms with Crippen molar-refractivity contribution >= 4 is 23.6 Å². The van der Waals surface area contributed by atoms with Crippen LogP contribution in [0, 0.1) is 19.7 Å². The van der Waals surface area contributed by atoms with Crippen molar-refractivity contribution in [1.82, 2.24) is 15.4 Å². The number of benzene rings is 1. The highest BCUT2D eigenvalue weighted by Crippen LogP contribution is 2.21. The Morgan fingerprint density at radius 1 is 1.17 bits per heavy atom. The topological polar surface area (TPSA) is 63.1 Å². The highest BCUT2D eigenvalue weighted by atomic mass is 32.2. The molecule has 0 radical (unpaired) electrons. The van der Waals surface area contributed by atoms with Crippen molar-refractivity contribution in [3.63, 3.8) is 0 Å². The van der Waals surface area contributed by atoms with Gasteiger partial charge in [-0.2, -0.15) is 11.8 Å². The van der Waals surface area contributed by atoms with Crippen LogP contribution in [-0.4, -0.2) is 28.4 Å². The van der Waals surface area contributed by atoms with Gasteiger partial charge in [0, 0.05) is 17.1 Å². The molecule has 2 rings (SSSR count). The van der Waals surface area contributed by atoms with Crippen LogP contribution in [0.3, 0.4) is 0 Å². The van der Waals surface area contributed by atoms with Gasteiger partial charge in [0.25, 0.3) is 5.91 Å². The van der Waals surface area contributed by atoms with Gasteiger partial charge in [-0.15, -0.1) is 0 Å². The van der Waals surface area contributed by atoms with Crippen molar-refractivity contribution < 1.29 is 14.0 Å². The van der Waals surface area contributed by atoms with E-state index in [2.05, 4.69) is 10.9 Å². The van der Waals surface area contributed by atoms with Crippen LogP contribution in [0.15, 0.2) is 30.3 Å². The summed E-state index contributed by atoms with van der Waals surface area (Å²) >= 11 is 1.37. The molecular formula is C16H18FN3O2S. The Balaban J connectivity index is 2.21. The molecule has 0 bridgehead atoms. The monoisotopic (exact) mass is 335 g/mol. The van der Waals surface area contributed by atoms with Gasteiger partial charge in [-0.3, -0.25) is 20.4 Å². The third kappa shape index (κ3) is 3.92. The number of carbonyl (C=O) groups is 2. The molecule has 1 aromatic carbocycles. The maximum Gasteiger partial charge on any atom is 0.271 e. The van der Waals surface area contributed by atoms with Crippen molar-refractivity contribution in [3.05, 3.63) is 53.1 Å². The van der Waals surface area contributed by atoms with E-state index in [-0.39, 0.29) is 23.4 Å². The first kappa shape index (κ1) is 17.1. The Bertz CT molecular complexity index is 726. The van der Waals surface area contributed by atoms with Crippen molar-refractivity contribution in [2.45, 2.75) is 13.8 Å². The number of aromatic nitrogens is 1. The molecule has 7 heteroatoms. The van der Waals surface area contributed by atoms with E-state index in [1.54, 1.807) is 31.4 Å². The van der Waals surface area contributed by atoms with Crippen LogP contribution < -0.4 is 10.9 Å². The van der Waals surface area contributed by atoms with E-state index in [1.807, 2.05) is 11.5 Å². The number of hydrazine groups is 1. The Morgan fingerprint density at radius 2 is 1.83 bits per heavy atom. The van der Waals surface area contributed by atoms with Gasteiger partial charge < -0.3 is 4.57 Å². The maximum atomic E-state index is 13.1. The molecule has 0 unspecified atom stereocenters. The molecule has 5 nitrogen and oxygen atoms in total. The van der Waals surface area contributed by atoms with E-state index in [0.717, 1.165) is 11.4 Å². The van der Waals surface area contributed by atoms with E-state index in [9.17, 15) is 14.0 Å². The van der Waals surface area contributed by atoms with Gasteiger partial charge in [-0.05, 0) is 50.4 Å². The van der Waals surface area contributed by atoms with Crippen LogP contribution >= 0.6 is 11.8 Å². The van der Waals surface area contributed by atoms with Crippen molar-refractivity contribution in [2.24, 2.45) is 0 Å². The molecule has 0 saturated carbocycles. The summed E-state index contributed by atoms with van der Waals surface area (Å²) in [7, 11) is 0. The van der Waals surface area contributed by atoms with Crippen molar-refractivity contribution in [1.29, 1.82) is 0 Å². The molecule has 2 aromatic rings. The lowest BCUT2D eigenvalue weighted by Crippen LogP contribution is -2.42. The van der Waals surface area contributed by atoms with Crippen LogP contribution in [0.2, 0.25) is 0 Å². The molecule has 0 saturated heterocycles. The lowest BCUT2D eigenvalue weighted by atomic mass is 10.2. The van der Waals surface area contributed by atoms with E-state index in [0.29, 0.717) is 11.3 Å². The van der Waals surface area contributed by atoms with E-state index in [4.69, 9.17) is 0 Å². The minimum absolute atomic E-state index is 0.266. The summed E-state index contributed by atoms with van der Waals surface area (Å²) in [6.07, 6.45) is 1.80. The molecule has 1 aromatic heterocycles. The van der Waals surface area contributed by atoms with E-state index < -0.39 is 0 Å². The van der Waals surface area contributed by atoms with Gasteiger partial charge in [-0.1, -0.05) is 0 Å². The second-order valence-electron chi connectivity index (χ2n) is 5.03. The second kappa shape index (κ2) is 7.32. The van der Waals surface area contributed by atoms with Gasteiger partial charge in [0.1, 0.15) is 5.82 Å². The largest absolute Gasteiger partial charge is 0.318 e. The van der Waals surface area contributed by atoms with Gasteiger partial charge in [0.2, 0.25) is 5.91 Å². The molecule has 0 aliphatic heterocycles. The molecule has 1 heterocycles. The third-order valence-electron chi connectivity index (χ3n) is 3.35. The number of halogens is 1. The average molecular weight is 335 g/mol. The summed E-state index contributed by atoms with van der Waals surface area (Å²) in [6.45, 7) is 3.66. The van der Waals surface area contributed by atoms with Gasteiger partial charge in [0.05, 0.1) is 11.3 Å². The molecule has 0 spiro atoms. The standard InChI is InChI=1S/C16H18FN3O2S/c1-10-8-14(16(22)19-18-15(21)9-23-3)11(2)20(10)13-6-4-12(17)5-7-13/h4-8H,9H2,1-3H3,(H,18,21)(H,19,22). The molecule has 2 N–H and O–H groups in total. The number of rotatable bonds is 4. The summed E-state index contributed by atoms with van der Waals surface area (Å²) < 4.78 is 14.9. The minimum atomic E-state index is -0.388. The fraction of sp³-hybridized carbons (Fsp3) is 0.250. The fourth-order valence-corrected chi connectivity index (χ4v) is 2.68. The number of hydrogen-bond acceptors (Lipinski definition) is 3.